The quantitative estimate of drug-likeness (QED) is 0.842. The van der Waals surface area contributed by atoms with E-state index in [0.717, 1.165) is 10.4 Å². The van der Waals surface area contributed by atoms with Crippen LogP contribution in [0.2, 0.25) is 0 Å². The van der Waals surface area contributed by atoms with Crippen molar-refractivity contribution in [3.05, 3.63) is 51.2 Å². The minimum absolute atomic E-state index is 0.00735. The number of carbonyl (C=O) groups is 1. The first-order chi connectivity index (χ1) is 8.95. The van der Waals surface area contributed by atoms with E-state index in [4.69, 9.17) is 5.73 Å². The Kier molecular flexibility index (Phi) is 3.90. The lowest BCUT2D eigenvalue weighted by Gasteiger charge is -2.13. The third-order valence-electron chi connectivity index (χ3n) is 2.90. The molecule has 0 fully saturated rings. The number of amides is 1. The SMILES string of the molecule is Cc1cc(N)cc(C(=O)NC(C)c2ccc(C)s2)c1. The van der Waals surface area contributed by atoms with Crippen LogP contribution in [0.4, 0.5) is 5.69 Å². The highest BCUT2D eigenvalue weighted by molar-refractivity contribution is 7.12. The summed E-state index contributed by atoms with van der Waals surface area (Å²) in [5.41, 5.74) is 7.98. The molecule has 0 saturated carbocycles. The van der Waals surface area contributed by atoms with Crippen molar-refractivity contribution in [2.75, 3.05) is 5.73 Å². The number of nitrogens with two attached hydrogens (primary N) is 1. The maximum atomic E-state index is 12.2. The summed E-state index contributed by atoms with van der Waals surface area (Å²) in [7, 11) is 0. The van der Waals surface area contributed by atoms with Crippen LogP contribution in [-0.2, 0) is 0 Å². The second kappa shape index (κ2) is 5.45. The van der Waals surface area contributed by atoms with E-state index in [-0.39, 0.29) is 11.9 Å². The number of rotatable bonds is 3. The molecule has 0 radical (unpaired) electrons. The Morgan fingerprint density at radius 2 is 2.00 bits per heavy atom. The van der Waals surface area contributed by atoms with E-state index in [0.29, 0.717) is 11.3 Å². The molecule has 0 aliphatic carbocycles. The molecular formula is C15H18N2OS. The van der Waals surface area contributed by atoms with Gasteiger partial charge in [-0.25, -0.2) is 0 Å². The number of thiophene rings is 1. The molecule has 0 aliphatic heterocycles. The lowest BCUT2D eigenvalue weighted by atomic mass is 10.1. The van der Waals surface area contributed by atoms with Crippen molar-refractivity contribution in [2.45, 2.75) is 26.8 Å². The molecule has 100 valence electrons. The summed E-state index contributed by atoms with van der Waals surface area (Å²) in [5, 5.41) is 3.00. The van der Waals surface area contributed by atoms with Crippen molar-refractivity contribution in [3.8, 4) is 0 Å². The van der Waals surface area contributed by atoms with E-state index in [1.165, 1.54) is 4.88 Å². The minimum Gasteiger partial charge on any atom is -0.399 e. The Labute approximate surface area is 117 Å². The van der Waals surface area contributed by atoms with Crippen LogP contribution < -0.4 is 11.1 Å². The van der Waals surface area contributed by atoms with Gasteiger partial charge in [0, 0.05) is 21.0 Å². The Balaban J connectivity index is 2.12. The fraction of sp³-hybridized carbons (Fsp3) is 0.267. The highest BCUT2D eigenvalue weighted by atomic mass is 32.1. The van der Waals surface area contributed by atoms with Crippen LogP contribution in [0.3, 0.4) is 0 Å². The van der Waals surface area contributed by atoms with Crippen molar-refractivity contribution < 1.29 is 4.79 Å². The average Bonchev–Trinajstić information content (AvgIpc) is 2.74. The van der Waals surface area contributed by atoms with E-state index < -0.39 is 0 Å². The van der Waals surface area contributed by atoms with Crippen LogP contribution in [0.25, 0.3) is 0 Å². The molecular weight excluding hydrogens is 256 g/mol. The van der Waals surface area contributed by atoms with Crippen molar-refractivity contribution in [2.24, 2.45) is 0 Å². The van der Waals surface area contributed by atoms with E-state index in [9.17, 15) is 4.79 Å². The zero-order valence-corrected chi connectivity index (χ0v) is 12.2. The van der Waals surface area contributed by atoms with Crippen LogP contribution in [0.5, 0.6) is 0 Å². The van der Waals surface area contributed by atoms with E-state index in [1.807, 2.05) is 26.0 Å². The molecule has 0 spiro atoms. The molecule has 3 nitrogen and oxygen atoms in total. The molecule has 0 aliphatic rings. The fourth-order valence-corrected chi connectivity index (χ4v) is 2.86. The maximum Gasteiger partial charge on any atom is 0.251 e. The average molecular weight is 274 g/mol. The molecule has 1 amide bonds. The van der Waals surface area contributed by atoms with Gasteiger partial charge in [-0.3, -0.25) is 4.79 Å². The Bertz CT molecular complexity index is 584. The van der Waals surface area contributed by atoms with Crippen molar-refractivity contribution in [3.63, 3.8) is 0 Å². The minimum atomic E-state index is -0.0889. The molecule has 1 aromatic carbocycles. The molecule has 1 unspecified atom stereocenters. The van der Waals surface area contributed by atoms with Gasteiger partial charge in [0.15, 0.2) is 0 Å². The van der Waals surface area contributed by atoms with Gasteiger partial charge in [-0.2, -0.15) is 0 Å². The van der Waals surface area contributed by atoms with E-state index >= 15 is 0 Å². The Morgan fingerprint density at radius 1 is 1.26 bits per heavy atom. The summed E-state index contributed by atoms with van der Waals surface area (Å²) >= 11 is 1.70. The second-order valence-corrected chi connectivity index (χ2v) is 6.10. The van der Waals surface area contributed by atoms with Gasteiger partial charge in [-0.1, -0.05) is 0 Å². The highest BCUT2D eigenvalue weighted by Gasteiger charge is 2.13. The van der Waals surface area contributed by atoms with Gasteiger partial charge in [0.25, 0.3) is 5.91 Å². The monoisotopic (exact) mass is 274 g/mol. The number of nitrogen functional groups attached to an aromatic ring is 1. The van der Waals surface area contributed by atoms with E-state index in [2.05, 4.69) is 24.4 Å². The van der Waals surface area contributed by atoms with Crippen molar-refractivity contribution in [1.29, 1.82) is 0 Å². The van der Waals surface area contributed by atoms with Gasteiger partial charge in [0.05, 0.1) is 6.04 Å². The lowest BCUT2D eigenvalue weighted by molar-refractivity contribution is 0.0940. The number of benzene rings is 1. The zero-order chi connectivity index (χ0) is 14.0. The molecule has 0 saturated heterocycles. The highest BCUT2D eigenvalue weighted by Crippen LogP contribution is 2.22. The number of carbonyl (C=O) groups excluding carboxylic acids is 1. The lowest BCUT2D eigenvalue weighted by Crippen LogP contribution is -2.26. The predicted molar refractivity (Wildman–Crippen MR) is 80.5 cm³/mol. The van der Waals surface area contributed by atoms with Gasteiger partial charge in [0.1, 0.15) is 0 Å². The molecule has 0 bridgehead atoms. The molecule has 1 atom stereocenters. The Morgan fingerprint density at radius 3 is 2.58 bits per heavy atom. The van der Waals surface area contributed by atoms with Gasteiger partial charge < -0.3 is 11.1 Å². The first-order valence-electron chi connectivity index (χ1n) is 6.20. The zero-order valence-electron chi connectivity index (χ0n) is 11.4. The summed E-state index contributed by atoms with van der Waals surface area (Å²) in [6.45, 7) is 5.98. The van der Waals surface area contributed by atoms with Crippen LogP contribution in [0.1, 0.15) is 38.6 Å². The van der Waals surface area contributed by atoms with Crippen LogP contribution in [0.15, 0.2) is 30.3 Å². The third kappa shape index (κ3) is 3.35. The molecule has 1 aromatic heterocycles. The standard InChI is InChI=1S/C15H18N2OS/c1-9-6-12(8-13(16)7-9)15(18)17-11(3)14-5-4-10(2)19-14/h4-8,11H,16H2,1-3H3,(H,17,18). The van der Waals surface area contributed by atoms with Crippen LogP contribution in [0, 0.1) is 13.8 Å². The van der Waals surface area contributed by atoms with Gasteiger partial charge >= 0.3 is 0 Å². The summed E-state index contributed by atoms with van der Waals surface area (Å²) < 4.78 is 0. The fourth-order valence-electron chi connectivity index (χ4n) is 1.98. The number of aryl methyl sites for hydroxylation is 2. The molecule has 4 heteroatoms. The normalized spacial score (nSPS) is 12.2. The summed E-state index contributed by atoms with van der Waals surface area (Å²) in [6, 6.07) is 9.52. The molecule has 2 aromatic rings. The van der Waals surface area contributed by atoms with E-state index in [1.54, 1.807) is 17.4 Å². The van der Waals surface area contributed by atoms with Gasteiger partial charge in [0.2, 0.25) is 0 Å². The number of hydrogen-bond donors (Lipinski definition) is 2. The van der Waals surface area contributed by atoms with Crippen molar-refractivity contribution in [1.82, 2.24) is 5.32 Å². The van der Waals surface area contributed by atoms with Crippen molar-refractivity contribution >= 4 is 22.9 Å². The number of hydrogen-bond acceptors (Lipinski definition) is 3. The first-order valence-corrected chi connectivity index (χ1v) is 7.01. The summed E-state index contributed by atoms with van der Waals surface area (Å²) in [6.07, 6.45) is 0. The molecule has 19 heavy (non-hydrogen) atoms. The predicted octanol–water partition coefficient (Wildman–Crippen LogP) is 3.44. The van der Waals surface area contributed by atoms with Crippen LogP contribution >= 0.6 is 11.3 Å². The summed E-state index contributed by atoms with van der Waals surface area (Å²) in [4.78, 5) is 14.6. The first kappa shape index (κ1) is 13.6. The maximum absolute atomic E-state index is 12.2. The van der Waals surface area contributed by atoms with Crippen LogP contribution in [-0.4, -0.2) is 5.91 Å². The summed E-state index contributed by atoms with van der Waals surface area (Å²) in [5.74, 6) is -0.0889. The molecule has 3 N–H and O–H groups in total. The smallest absolute Gasteiger partial charge is 0.251 e. The third-order valence-corrected chi connectivity index (χ3v) is 4.08. The number of anilines is 1. The Hall–Kier alpha value is -1.81. The van der Waals surface area contributed by atoms with Gasteiger partial charge in [-0.05, 0) is 56.7 Å². The van der Waals surface area contributed by atoms with Gasteiger partial charge in [-0.15, -0.1) is 11.3 Å². The topological polar surface area (TPSA) is 55.1 Å². The molecule has 2 rings (SSSR count). The molecule has 1 heterocycles. The largest absolute Gasteiger partial charge is 0.399 e. The number of nitrogens with one attached hydrogen (secondary N) is 1. The second-order valence-electron chi connectivity index (χ2n) is 4.78.